The SMILES string of the molecule is c1ccc(-c2ccc3c4ccc(-c5cccc(-c6ccc(N(c7ccccc7)c7ccccc7)cc6)c5)cc4n(-c4ccccc4)c3c2)cc1.c1ccc(N(c2ccc(-c3cccc(-c4ccc5c6ccc(-c7cccc8ccccc78)cc6n(-c6ccccc6)c5c4)c3)cc2)c2cccc3ccccc23)cc1. The highest BCUT2D eigenvalue weighted by Crippen LogP contribution is 2.44. The van der Waals surface area contributed by atoms with Gasteiger partial charge in [-0.15, -0.1) is 0 Å². The Balaban J connectivity index is 0.000000149. The van der Waals surface area contributed by atoms with Gasteiger partial charge >= 0.3 is 0 Å². The summed E-state index contributed by atoms with van der Waals surface area (Å²) in [6.45, 7) is 0. The van der Waals surface area contributed by atoms with Crippen molar-refractivity contribution >= 4 is 99.3 Å². The highest BCUT2D eigenvalue weighted by atomic mass is 15.1. The maximum absolute atomic E-state index is 2.43. The van der Waals surface area contributed by atoms with E-state index in [0.717, 1.165) is 45.5 Å². The van der Waals surface area contributed by atoms with Crippen LogP contribution in [0.25, 0.3) is 143 Å². The van der Waals surface area contributed by atoms with Gasteiger partial charge in [0.1, 0.15) is 0 Å². The Morgan fingerprint density at radius 3 is 0.898 bits per heavy atom. The van der Waals surface area contributed by atoms with Gasteiger partial charge in [-0.1, -0.05) is 309 Å². The fourth-order valence-corrected chi connectivity index (χ4v) is 15.9. The first-order valence-corrected chi connectivity index (χ1v) is 37.0. The molecule has 508 valence electrons. The van der Waals surface area contributed by atoms with Crippen molar-refractivity contribution < 1.29 is 0 Å². The van der Waals surface area contributed by atoms with Crippen molar-refractivity contribution in [2.24, 2.45) is 0 Å². The maximum atomic E-state index is 2.43. The van der Waals surface area contributed by atoms with Gasteiger partial charge in [0, 0.05) is 66.7 Å². The smallest absolute Gasteiger partial charge is 0.0547 e. The molecule has 4 heteroatoms. The normalized spacial score (nSPS) is 11.3. The lowest BCUT2D eigenvalue weighted by molar-refractivity contribution is 1.18. The summed E-state index contributed by atoms with van der Waals surface area (Å²) in [6.07, 6.45) is 0. The van der Waals surface area contributed by atoms with Gasteiger partial charge in [-0.25, -0.2) is 0 Å². The molecule has 0 radical (unpaired) electrons. The molecule has 20 aromatic rings. The van der Waals surface area contributed by atoms with Crippen molar-refractivity contribution in [2.75, 3.05) is 9.80 Å². The first-order valence-electron chi connectivity index (χ1n) is 37.0. The second-order valence-electron chi connectivity index (χ2n) is 27.6. The van der Waals surface area contributed by atoms with Crippen LogP contribution in [0.4, 0.5) is 34.1 Å². The number of benzene rings is 18. The zero-order valence-electron chi connectivity index (χ0n) is 59.4. The Bertz CT molecular complexity index is 6580. The Morgan fingerprint density at radius 1 is 0.157 bits per heavy atom. The molecule has 0 aliphatic rings. The summed E-state index contributed by atoms with van der Waals surface area (Å²) in [4.78, 5) is 4.65. The van der Waals surface area contributed by atoms with Gasteiger partial charge in [-0.05, 0) is 210 Å². The van der Waals surface area contributed by atoms with Crippen molar-refractivity contribution in [1.82, 2.24) is 9.13 Å². The minimum Gasteiger partial charge on any atom is -0.311 e. The third-order valence-electron chi connectivity index (χ3n) is 21.1. The van der Waals surface area contributed by atoms with Gasteiger partial charge in [-0.2, -0.15) is 0 Å². The van der Waals surface area contributed by atoms with E-state index in [1.54, 1.807) is 0 Å². The molecular weight excluding hydrogens is 1310 g/mol. The number of aromatic nitrogens is 2. The number of fused-ring (bicyclic) bond motifs is 8. The third kappa shape index (κ3) is 12.3. The van der Waals surface area contributed by atoms with Crippen molar-refractivity contribution in [2.45, 2.75) is 0 Å². The maximum Gasteiger partial charge on any atom is 0.0547 e. The lowest BCUT2D eigenvalue weighted by Crippen LogP contribution is -2.10. The summed E-state index contributed by atoms with van der Waals surface area (Å²) in [7, 11) is 0. The quantitative estimate of drug-likeness (QED) is 0.108. The molecule has 0 amide bonds. The first kappa shape index (κ1) is 64.5. The van der Waals surface area contributed by atoms with Crippen LogP contribution < -0.4 is 9.80 Å². The average Bonchev–Trinajstić information content (AvgIpc) is 1.59. The largest absolute Gasteiger partial charge is 0.311 e. The van der Waals surface area contributed by atoms with Gasteiger partial charge in [-0.3, -0.25) is 0 Å². The molecule has 0 unspecified atom stereocenters. The molecule has 20 rings (SSSR count). The van der Waals surface area contributed by atoms with Gasteiger partial charge in [0.15, 0.2) is 0 Å². The molecule has 0 saturated heterocycles. The fourth-order valence-electron chi connectivity index (χ4n) is 15.9. The second kappa shape index (κ2) is 28.4. The van der Waals surface area contributed by atoms with Crippen LogP contribution in [0.15, 0.2) is 437 Å². The average molecular weight is 1380 g/mol. The summed E-state index contributed by atoms with van der Waals surface area (Å²) >= 11 is 0. The number of nitrogens with zero attached hydrogens (tertiary/aromatic N) is 4. The van der Waals surface area contributed by atoms with E-state index in [1.165, 1.54) is 132 Å². The number of rotatable bonds is 14. The fraction of sp³-hybridized carbons (Fsp3) is 0. The lowest BCUT2D eigenvalue weighted by atomic mass is 9.97. The Hall–Kier alpha value is -14.3. The molecule has 0 saturated carbocycles. The van der Waals surface area contributed by atoms with E-state index in [2.05, 4.69) is 456 Å². The van der Waals surface area contributed by atoms with Crippen LogP contribution in [-0.2, 0) is 0 Å². The van der Waals surface area contributed by atoms with Crippen molar-refractivity contribution in [3.8, 4) is 78.1 Å². The lowest BCUT2D eigenvalue weighted by Gasteiger charge is -2.27. The van der Waals surface area contributed by atoms with E-state index in [4.69, 9.17) is 0 Å². The van der Waals surface area contributed by atoms with Crippen LogP contribution in [0.2, 0.25) is 0 Å². The molecule has 18 aromatic carbocycles. The minimum absolute atomic E-state index is 1.12. The van der Waals surface area contributed by atoms with Crippen molar-refractivity contribution in [1.29, 1.82) is 0 Å². The zero-order valence-corrected chi connectivity index (χ0v) is 59.4. The van der Waals surface area contributed by atoms with E-state index in [-0.39, 0.29) is 0 Å². The Labute approximate surface area is 629 Å². The molecule has 108 heavy (non-hydrogen) atoms. The third-order valence-corrected chi connectivity index (χ3v) is 21.1. The van der Waals surface area contributed by atoms with Crippen molar-refractivity contribution in [3.63, 3.8) is 0 Å². The predicted molar refractivity (Wildman–Crippen MR) is 459 cm³/mol. The van der Waals surface area contributed by atoms with E-state index < -0.39 is 0 Å². The highest BCUT2D eigenvalue weighted by molar-refractivity contribution is 6.13. The highest BCUT2D eigenvalue weighted by Gasteiger charge is 2.21. The Morgan fingerprint density at radius 2 is 0.435 bits per heavy atom. The monoisotopic (exact) mass is 1380 g/mol. The molecule has 0 bridgehead atoms. The summed E-state index contributed by atoms with van der Waals surface area (Å²) in [5, 5.41) is 9.96. The number of anilines is 6. The van der Waals surface area contributed by atoms with Gasteiger partial charge < -0.3 is 18.9 Å². The minimum atomic E-state index is 1.12. The van der Waals surface area contributed by atoms with Crippen LogP contribution >= 0.6 is 0 Å². The molecule has 2 heterocycles. The van der Waals surface area contributed by atoms with Crippen molar-refractivity contribution in [3.05, 3.63) is 437 Å². The van der Waals surface area contributed by atoms with Crippen LogP contribution in [0, 0.1) is 0 Å². The van der Waals surface area contributed by atoms with Crippen LogP contribution in [-0.4, -0.2) is 9.13 Å². The van der Waals surface area contributed by atoms with Gasteiger partial charge in [0.2, 0.25) is 0 Å². The molecule has 0 fully saturated rings. The molecule has 0 N–H and O–H groups in total. The number of hydrogen-bond donors (Lipinski definition) is 0. The molecule has 0 atom stereocenters. The van der Waals surface area contributed by atoms with Crippen LogP contribution in [0.1, 0.15) is 0 Å². The molecular formula is C104H72N4. The molecule has 2 aromatic heterocycles. The van der Waals surface area contributed by atoms with Gasteiger partial charge in [0.25, 0.3) is 0 Å². The second-order valence-corrected chi connectivity index (χ2v) is 27.6. The zero-order chi connectivity index (χ0) is 71.7. The van der Waals surface area contributed by atoms with E-state index in [1.807, 2.05) is 0 Å². The summed E-state index contributed by atoms with van der Waals surface area (Å²) in [5.41, 5.74) is 28.3. The van der Waals surface area contributed by atoms with E-state index in [0.29, 0.717) is 0 Å². The Kier molecular flexibility index (Phi) is 17.0. The molecule has 4 nitrogen and oxygen atoms in total. The molecule has 0 aliphatic heterocycles. The number of para-hydroxylation sites is 5. The summed E-state index contributed by atoms with van der Waals surface area (Å²) in [5.74, 6) is 0. The van der Waals surface area contributed by atoms with E-state index >= 15 is 0 Å². The van der Waals surface area contributed by atoms with Gasteiger partial charge in [0.05, 0.1) is 27.8 Å². The predicted octanol–water partition coefficient (Wildman–Crippen LogP) is 28.8. The first-order chi connectivity index (χ1) is 53.6. The van der Waals surface area contributed by atoms with E-state index in [9.17, 15) is 0 Å². The molecule has 0 spiro atoms. The topological polar surface area (TPSA) is 16.3 Å². The number of hydrogen-bond acceptors (Lipinski definition) is 2. The molecule has 0 aliphatic carbocycles. The summed E-state index contributed by atoms with van der Waals surface area (Å²) in [6, 6.07) is 158. The van der Waals surface area contributed by atoms with Crippen LogP contribution in [0.3, 0.4) is 0 Å². The standard InChI is InChI=1S/C56H38N2.C48H34N2/c1-3-20-46(21-4-1)57(54-27-13-17-41-15-8-10-25-51(41)54)48-32-28-39(29-33-48)42-18-11-19-43(36-42)44-30-34-52-53-35-31-45(50-26-12-16-40-14-7-9-24-49(40)50)38-56(53)58(55(52)37-44)47-22-5-2-6-23-47;1-5-14-35(15-6-1)39-26-30-45-46-31-27-40(34-48(46)50(47(45)33-39)43-22-11-4-12-23-43)38-17-13-16-37(32-38)36-24-28-44(29-25-36)49(41-18-7-2-8-19-41)42-20-9-3-10-21-42/h1-38H;1-34H. The van der Waals surface area contributed by atoms with Crippen LogP contribution in [0.5, 0.6) is 0 Å². The summed E-state index contributed by atoms with van der Waals surface area (Å²) < 4.78 is 4.84.